The molecule has 188 valence electrons. The van der Waals surface area contributed by atoms with Crippen molar-refractivity contribution >= 4 is 29.5 Å². The van der Waals surface area contributed by atoms with Crippen LogP contribution in [0.5, 0.6) is 0 Å². The third-order valence-corrected chi connectivity index (χ3v) is 9.35. The van der Waals surface area contributed by atoms with E-state index < -0.39 is 22.6 Å². The van der Waals surface area contributed by atoms with Gasteiger partial charge in [-0.2, -0.15) is 0 Å². The van der Waals surface area contributed by atoms with E-state index >= 15 is 0 Å². The van der Waals surface area contributed by atoms with E-state index in [2.05, 4.69) is 25.2 Å². The Kier molecular flexibility index (Phi) is 7.21. The van der Waals surface area contributed by atoms with Crippen LogP contribution in [0.1, 0.15) is 53.4 Å². The minimum atomic E-state index is -0.740. The van der Waals surface area contributed by atoms with E-state index in [9.17, 15) is 19.5 Å². The lowest BCUT2D eigenvalue weighted by Crippen LogP contribution is -2.57. The normalized spacial score (nSPS) is 33.2. The topological polar surface area (TPSA) is 81.2 Å². The van der Waals surface area contributed by atoms with Crippen molar-refractivity contribution in [2.45, 2.75) is 75.0 Å². The molecule has 7 nitrogen and oxygen atoms in total. The lowest BCUT2D eigenvalue weighted by Gasteiger charge is -2.40. The molecule has 3 amide bonds. The summed E-state index contributed by atoms with van der Waals surface area (Å²) in [5, 5.41) is 9.07. The van der Waals surface area contributed by atoms with Crippen molar-refractivity contribution in [3.8, 4) is 0 Å². The molecular formula is C26H39N3O4S. The van der Waals surface area contributed by atoms with Gasteiger partial charge in [-0.05, 0) is 46.5 Å². The summed E-state index contributed by atoms with van der Waals surface area (Å²) < 4.78 is -0.740. The van der Waals surface area contributed by atoms with Gasteiger partial charge in [-0.15, -0.1) is 11.8 Å². The summed E-state index contributed by atoms with van der Waals surface area (Å²) in [6.45, 7) is 10.5. The molecule has 4 aliphatic rings. The summed E-state index contributed by atoms with van der Waals surface area (Å²) in [5.41, 5.74) is -0.377. The largest absolute Gasteiger partial charge is 0.396 e. The number of aliphatic hydroxyl groups excluding tert-OH is 1. The van der Waals surface area contributed by atoms with Gasteiger partial charge < -0.3 is 19.8 Å². The second-order valence-corrected chi connectivity index (χ2v) is 12.4. The SMILES string of the molecule is CCCN1CC=C[C@@H]2S[C@]34C=CCN(C(C)(C)C)C(=O)C3N(CCCCCO)C(=O)[C@@H]4[C@@H]2C1=O. The number of nitrogens with zero attached hydrogens (tertiary/aromatic N) is 3. The van der Waals surface area contributed by atoms with Crippen molar-refractivity contribution in [1.29, 1.82) is 0 Å². The molecule has 0 aliphatic carbocycles. The Hall–Kier alpha value is -1.80. The summed E-state index contributed by atoms with van der Waals surface area (Å²) >= 11 is 1.64. The van der Waals surface area contributed by atoms with Gasteiger partial charge in [-0.1, -0.05) is 31.2 Å². The molecule has 0 bridgehead atoms. The van der Waals surface area contributed by atoms with Gasteiger partial charge >= 0.3 is 0 Å². The molecule has 4 heterocycles. The van der Waals surface area contributed by atoms with Crippen LogP contribution in [-0.4, -0.2) is 91.9 Å². The van der Waals surface area contributed by atoms with Crippen molar-refractivity contribution in [3.63, 3.8) is 0 Å². The molecule has 4 rings (SSSR count). The highest BCUT2D eigenvalue weighted by Crippen LogP contribution is 2.61. The van der Waals surface area contributed by atoms with Crippen LogP contribution in [0.15, 0.2) is 24.3 Å². The number of fused-ring (bicyclic) bond motifs is 2. The van der Waals surface area contributed by atoms with Crippen molar-refractivity contribution in [1.82, 2.24) is 14.7 Å². The van der Waals surface area contributed by atoms with Crippen molar-refractivity contribution in [3.05, 3.63) is 24.3 Å². The smallest absolute Gasteiger partial charge is 0.247 e. The number of carbonyl (C=O) groups is 3. The fraction of sp³-hybridized carbons (Fsp3) is 0.731. The lowest BCUT2D eigenvalue weighted by atomic mass is 9.78. The Bertz CT molecular complexity index is 882. The molecular weight excluding hydrogens is 450 g/mol. The maximum Gasteiger partial charge on any atom is 0.247 e. The first-order chi connectivity index (χ1) is 16.2. The number of aliphatic hydroxyl groups is 1. The summed E-state index contributed by atoms with van der Waals surface area (Å²) in [7, 11) is 0. The van der Waals surface area contributed by atoms with Crippen molar-refractivity contribution in [2.24, 2.45) is 11.8 Å². The predicted octanol–water partition coefficient (Wildman–Crippen LogP) is 2.45. The van der Waals surface area contributed by atoms with Gasteiger partial charge in [0.1, 0.15) is 6.04 Å². The minimum absolute atomic E-state index is 0.0266. The Morgan fingerprint density at radius 3 is 2.47 bits per heavy atom. The number of rotatable bonds is 7. The van der Waals surface area contributed by atoms with Crippen LogP contribution in [-0.2, 0) is 14.4 Å². The molecule has 1 spiro atoms. The number of carbonyl (C=O) groups excluding carboxylic acids is 3. The molecule has 34 heavy (non-hydrogen) atoms. The number of thioether (sulfide) groups is 1. The monoisotopic (exact) mass is 489 g/mol. The van der Waals surface area contributed by atoms with Gasteiger partial charge in [0, 0.05) is 43.6 Å². The van der Waals surface area contributed by atoms with Crippen LogP contribution in [0, 0.1) is 11.8 Å². The maximum atomic E-state index is 14.1. The molecule has 1 N–H and O–H groups in total. The fourth-order valence-electron chi connectivity index (χ4n) is 6.07. The zero-order valence-corrected chi connectivity index (χ0v) is 21.7. The Balaban J connectivity index is 1.76. The highest BCUT2D eigenvalue weighted by molar-refractivity contribution is 8.02. The first-order valence-electron chi connectivity index (χ1n) is 12.7. The molecule has 0 saturated carbocycles. The van der Waals surface area contributed by atoms with Gasteiger partial charge in [-0.3, -0.25) is 14.4 Å². The van der Waals surface area contributed by atoms with Gasteiger partial charge in [0.2, 0.25) is 17.7 Å². The fourth-order valence-corrected chi connectivity index (χ4v) is 8.08. The summed E-state index contributed by atoms with van der Waals surface area (Å²) in [6.07, 6.45) is 11.3. The van der Waals surface area contributed by atoms with E-state index in [1.807, 2.05) is 36.6 Å². The molecule has 0 radical (unpaired) electrons. The molecule has 5 atom stereocenters. The maximum absolute atomic E-state index is 14.1. The third kappa shape index (κ3) is 4.11. The molecule has 1 unspecified atom stereocenters. The van der Waals surface area contributed by atoms with Crippen LogP contribution < -0.4 is 0 Å². The van der Waals surface area contributed by atoms with E-state index in [0.717, 1.165) is 19.3 Å². The molecule has 8 heteroatoms. The second kappa shape index (κ2) is 9.69. The summed E-state index contributed by atoms with van der Waals surface area (Å²) in [5.74, 6) is -1.05. The summed E-state index contributed by atoms with van der Waals surface area (Å²) in [4.78, 5) is 47.4. The number of hydrogen-bond donors (Lipinski definition) is 1. The Morgan fingerprint density at radius 1 is 1.03 bits per heavy atom. The molecule has 2 fully saturated rings. The molecule has 4 aliphatic heterocycles. The quantitative estimate of drug-likeness (QED) is 0.439. The lowest BCUT2D eigenvalue weighted by molar-refractivity contribution is -0.146. The molecule has 0 aromatic carbocycles. The van der Waals surface area contributed by atoms with E-state index in [-0.39, 0.29) is 35.1 Å². The minimum Gasteiger partial charge on any atom is -0.396 e. The number of unbranched alkanes of at least 4 members (excludes halogenated alkanes) is 2. The standard InChI is InChI=1S/C26H39N3O4S/c1-5-13-27-14-9-11-18-19(22(27)31)20-23(32)28(15-7-6-8-17-30)21-24(33)29(25(2,3)4)16-10-12-26(20,21)34-18/h9-12,18-21,30H,5-8,13-17H2,1-4H3/t18-,19+,20-,21?,26-/m0/s1. The van der Waals surface area contributed by atoms with Gasteiger partial charge in [0.25, 0.3) is 0 Å². The molecule has 2 saturated heterocycles. The Labute approximate surface area is 207 Å². The first kappa shape index (κ1) is 25.3. The number of likely N-dealkylation sites (tertiary alicyclic amines) is 1. The summed E-state index contributed by atoms with van der Waals surface area (Å²) in [6, 6.07) is -0.616. The van der Waals surface area contributed by atoms with Gasteiger partial charge in [0.15, 0.2) is 0 Å². The van der Waals surface area contributed by atoms with Crippen molar-refractivity contribution in [2.75, 3.05) is 32.8 Å². The van der Waals surface area contributed by atoms with Crippen LogP contribution in [0.3, 0.4) is 0 Å². The third-order valence-electron chi connectivity index (χ3n) is 7.60. The highest BCUT2D eigenvalue weighted by atomic mass is 32.2. The zero-order chi connectivity index (χ0) is 24.7. The zero-order valence-electron chi connectivity index (χ0n) is 20.9. The average Bonchev–Trinajstić information content (AvgIpc) is 3.08. The van der Waals surface area contributed by atoms with Gasteiger partial charge in [0.05, 0.1) is 16.6 Å². The first-order valence-corrected chi connectivity index (χ1v) is 13.6. The van der Waals surface area contributed by atoms with E-state index in [1.54, 1.807) is 16.7 Å². The molecule has 0 aromatic heterocycles. The van der Waals surface area contributed by atoms with Crippen LogP contribution >= 0.6 is 11.8 Å². The van der Waals surface area contributed by atoms with E-state index in [0.29, 0.717) is 32.6 Å². The predicted molar refractivity (Wildman–Crippen MR) is 134 cm³/mol. The second-order valence-electron chi connectivity index (χ2n) is 10.9. The average molecular weight is 490 g/mol. The van der Waals surface area contributed by atoms with Crippen LogP contribution in [0.25, 0.3) is 0 Å². The highest BCUT2D eigenvalue weighted by Gasteiger charge is 2.71. The van der Waals surface area contributed by atoms with E-state index in [4.69, 9.17) is 0 Å². The molecule has 0 aromatic rings. The van der Waals surface area contributed by atoms with E-state index in [1.165, 1.54) is 0 Å². The van der Waals surface area contributed by atoms with Gasteiger partial charge in [-0.25, -0.2) is 0 Å². The Morgan fingerprint density at radius 2 is 1.79 bits per heavy atom. The van der Waals surface area contributed by atoms with Crippen molar-refractivity contribution < 1.29 is 19.5 Å². The number of amides is 3. The van der Waals surface area contributed by atoms with Crippen LogP contribution in [0.4, 0.5) is 0 Å². The van der Waals surface area contributed by atoms with Crippen LogP contribution in [0.2, 0.25) is 0 Å². The number of hydrogen-bond acceptors (Lipinski definition) is 5.